The molecule has 23 heavy (non-hydrogen) atoms. The van der Waals surface area contributed by atoms with Crippen molar-refractivity contribution in [1.82, 2.24) is 10.6 Å². The van der Waals surface area contributed by atoms with Crippen molar-refractivity contribution in [1.29, 1.82) is 0 Å². The van der Waals surface area contributed by atoms with Gasteiger partial charge in [0.05, 0.1) is 11.6 Å². The van der Waals surface area contributed by atoms with E-state index in [9.17, 15) is 22.8 Å². The Hall–Kier alpha value is -2.09. The van der Waals surface area contributed by atoms with Crippen molar-refractivity contribution < 1.29 is 22.8 Å². The van der Waals surface area contributed by atoms with E-state index in [1.165, 1.54) is 17.0 Å². The fourth-order valence-electron chi connectivity index (χ4n) is 2.44. The standard InChI is InChI=1S/C15H18F3N3O2/c1-19-6-5-13(22)20-11-8-14(23)21(9-11)12-4-2-3-10(7-12)15(16,17)18/h2-4,7,11,19H,5-6,8-9H2,1H3,(H,20,22). The maximum Gasteiger partial charge on any atom is 0.416 e. The maximum atomic E-state index is 12.8. The highest BCUT2D eigenvalue weighted by Gasteiger charge is 2.34. The van der Waals surface area contributed by atoms with Gasteiger partial charge in [-0.2, -0.15) is 13.2 Å². The summed E-state index contributed by atoms with van der Waals surface area (Å²) >= 11 is 0. The molecule has 0 radical (unpaired) electrons. The number of hydrogen-bond donors (Lipinski definition) is 2. The molecule has 2 amide bonds. The van der Waals surface area contributed by atoms with E-state index in [1.807, 2.05) is 0 Å². The van der Waals surface area contributed by atoms with Gasteiger partial charge in [0.15, 0.2) is 0 Å². The number of carbonyl (C=O) groups excluding carboxylic acids is 2. The van der Waals surface area contributed by atoms with Crippen LogP contribution in [0.3, 0.4) is 0 Å². The van der Waals surface area contributed by atoms with Crippen molar-refractivity contribution in [3.05, 3.63) is 29.8 Å². The van der Waals surface area contributed by atoms with Gasteiger partial charge in [0.1, 0.15) is 0 Å². The lowest BCUT2D eigenvalue weighted by atomic mass is 10.2. The minimum atomic E-state index is -4.46. The minimum absolute atomic E-state index is 0.0849. The molecule has 0 spiro atoms. The molecule has 0 saturated carbocycles. The Morgan fingerprint density at radius 2 is 2.13 bits per heavy atom. The molecule has 1 aliphatic heterocycles. The first-order valence-electron chi connectivity index (χ1n) is 7.23. The van der Waals surface area contributed by atoms with Crippen LogP contribution >= 0.6 is 0 Å². The molecular weight excluding hydrogens is 311 g/mol. The summed E-state index contributed by atoms with van der Waals surface area (Å²) in [6, 6.07) is 4.24. The summed E-state index contributed by atoms with van der Waals surface area (Å²) in [5.41, 5.74) is -0.610. The van der Waals surface area contributed by atoms with Crippen molar-refractivity contribution in [2.45, 2.75) is 25.1 Å². The quantitative estimate of drug-likeness (QED) is 0.861. The number of alkyl halides is 3. The lowest BCUT2D eigenvalue weighted by Crippen LogP contribution is -2.38. The third-order valence-electron chi connectivity index (χ3n) is 3.58. The molecule has 1 atom stereocenters. The predicted octanol–water partition coefficient (Wildman–Crippen LogP) is 1.54. The number of nitrogens with zero attached hydrogens (tertiary/aromatic N) is 1. The van der Waals surface area contributed by atoms with Gasteiger partial charge in [0.25, 0.3) is 0 Å². The summed E-state index contributed by atoms with van der Waals surface area (Å²) in [6.07, 6.45) is -4.09. The topological polar surface area (TPSA) is 61.4 Å². The van der Waals surface area contributed by atoms with E-state index in [4.69, 9.17) is 0 Å². The highest BCUT2D eigenvalue weighted by molar-refractivity contribution is 5.97. The van der Waals surface area contributed by atoms with Crippen LogP contribution in [0.2, 0.25) is 0 Å². The van der Waals surface area contributed by atoms with E-state index >= 15 is 0 Å². The summed E-state index contributed by atoms with van der Waals surface area (Å²) < 4.78 is 38.3. The average molecular weight is 329 g/mol. The Morgan fingerprint density at radius 3 is 2.78 bits per heavy atom. The van der Waals surface area contributed by atoms with Crippen LogP contribution in [-0.2, 0) is 15.8 Å². The second kappa shape index (κ2) is 6.99. The Morgan fingerprint density at radius 1 is 1.39 bits per heavy atom. The first-order chi connectivity index (χ1) is 10.8. The van der Waals surface area contributed by atoms with Crippen LogP contribution in [0.4, 0.5) is 18.9 Å². The average Bonchev–Trinajstić information content (AvgIpc) is 2.85. The molecule has 1 aromatic rings. The lowest BCUT2D eigenvalue weighted by Gasteiger charge is -2.18. The van der Waals surface area contributed by atoms with Crippen LogP contribution in [0.25, 0.3) is 0 Å². The van der Waals surface area contributed by atoms with Crippen molar-refractivity contribution in [2.75, 3.05) is 25.0 Å². The van der Waals surface area contributed by atoms with E-state index in [2.05, 4.69) is 10.6 Å². The zero-order valence-corrected chi connectivity index (χ0v) is 12.6. The zero-order chi connectivity index (χ0) is 17.0. The van der Waals surface area contributed by atoms with E-state index in [0.29, 0.717) is 6.54 Å². The Bertz CT molecular complexity index is 590. The molecule has 1 aromatic carbocycles. The number of anilines is 1. The van der Waals surface area contributed by atoms with Crippen molar-refractivity contribution in [2.24, 2.45) is 0 Å². The summed E-state index contributed by atoms with van der Waals surface area (Å²) in [4.78, 5) is 25.0. The van der Waals surface area contributed by atoms with Crippen molar-refractivity contribution in [3.8, 4) is 0 Å². The number of benzene rings is 1. The molecule has 8 heteroatoms. The molecule has 0 bridgehead atoms. The van der Waals surface area contributed by atoms with Gasteiger partial charge in [-0.05, 0) is 25.2 Å². The molecule has 1 aliphatic rings. The maximum absolute atomic E-state index is 12.8. The van der Waals surface area contributed by atoms with Gasteiger partial charge in [-0.3, -0.25) is 9.59 Å². The summed E-state index contributed by atoms with van der Waals surface area (Å²) in [7, 11) is 1.72. The van der Waals surface area contributed by atoms with Gasteiger partial charge < -0.3 is 15.5 Å². The molecule has 126 valence electrons. The van der Waals surface area contributed by atoms with Crippen LogP contribution < -0.4 is 15.5 Å². The smallest absolute Gasteiger partial charge is 0.351 e. The number of amides is 2. The number of nitrogens with one attached hydrogen (secondary N) is 2. The van der Waals surface area contributed by atoms with Crippen LogP contribution in [0.5, 0.6) is 0 Å². The Labute approximate surface area is 131 Å². The normalized spacial score (nSPS) is 18.3. The molecule has 5 nitrogen and oxygen atoms in total. The molecule has 1 saturated heterocycles. The summed E-state index contributed by atoms with van der Waals surface area (Å²) in [5.74, 6) is -0.494. The monoisotopic (exact) mass is 329 g/mol. The fraction of sp³-hybridized carbons (Fsp3) is 0.467. The van der Waals surface area contributed by atoms with E-state index in [1.54, 1.807) is 7.05 Å². The Balaban J connectivity index is 2.04. The van der Waals surface area contributed by atoms with Gasteiger partial charge in [-0.15, -0.1) is 0 Å². The van der Waals surface area contributed by atoms with E-state index < -0.39 is 11.7 Å². The van der Waals surface area contributed by atoms with Crippen LogP contribution in [0, 0.1) is 0 Å². The fourth-order valence-corrected chi connectivity index (χ4v) is 2.44. The zero-order valence-electron chi connectivity index (χ0n) is 12.6. The van der Waals surface area contributed by atoms with Gasteiger partial charge in [-0.1, -0.05) is 6.07 Å². The third-order valence-corrected chi connectivity index (χ3v) is 3.58. The highest BCUT2D eigenvalue weighted by Crippen LogP contribution is 2.32. The second-order valence-electron chi connectivity index (χ2n) is 5.37. The van der Waals surface area contributed by atoms with Crippen LogP contribution in [-0.4, -0.2) is 38.0 Å². The SMILES string of the molecule is CNCCC(=O)NC1CC(=O)N(c2cccc(C(F)(F)F)c2)C1. The molecule has 1 unspecified atom stereocenters. The number of halogens is 3. The van der Waals surface area contributed by atoms with Gasteiger partial charge in [0.2, 0.25) is 11.8 Å². The van der Waals surface area contributed by atoms with Gasteiger partial charge in [0, 0.05) is 31.6 Å². The molecule has 2 rings (SSSR count). The largest absolute Gasteiger partial charge is 0.416 e. The lowest BCUT2D eigenvalue weighted by molar-refractivity contribution is -0.137. The first-order valence-corrected chi connectivity index (χ1v) is 7.23. The summed E-state index contributed by atoms with van der Waals surface area (Å²) in [5, 5.41) is 5.57. The van der Waals surface area contributed by atoms with Gasteiger partial charge >= 0.3 is 6.18 Å². The molecular formula is C15H18F3N3O2. The predicted molar refractivity (Wildman–Crippen MR) is 78.9 cm³/mol. The van der Waals surface area contributed by atoms with Crippen molar-refractivity contribution in [3.63, 3.8) is 0 Å². The molecule has 1 heterocycles. The van der Waals surface area contributed by atoms with Crippen molar-refractivity contribution >= 4 is 17.5 Å². The van der Waals surface area contributed by atoms with Gasteiger partial charge in [-0.25, -0.2) is 0 Å². The van der Waals surface area contributed by atoms with Crippen LogP contribution in [0.1, 0.15) is 18.4 Å². The molecule has 0 aromatic heterocycles. The number of rotatable bonds is 5. The number of carbonyl (C=O) groups is 2. The minimum Gasteiger partial charge on any atom is -0.351 e. The Kier molecular flexibility index (Phi) is 5.25. The summed E-state index contributed by atoms with van der Waals surface area (Å²) in [6.45, 7) is 0.690. The second-order valence-corrected chi connectivity index (χ2v) is 5.37. The third kappa shape index (κ3) is 4.44. The number of hydrogen-bond acceptors (Lipinski definition) is 3. The highest BCUT2D eigenvalue weighted by atomic mass is 19.4. The molecule has 0 aliphatic carbocycles. The van der Waals surface area contributed by atoms with E-state index in [-0.39, 0.29) is 42.9 Å². The molecule has 1 fully saturated rings. The van der Waals surface area contributed by atoms with Crippen LogP contribution in [0.15, 0.2) is 24.3 Å². The van der Waals surface area contributed by atoms with E-state index in [0.717, 1.165) is 12.1 Å². The first kappa shape index (κ1) is 17.3. The molecule has 2 N–H and O–H groups in total.